The summed E-state index contributed by atoms with van der Waals surface area (Å²) in [5, 5.41) is 8.02. The van der Waals surface area contributed by atoms with Gasteiger partial charge in [-0.1, -0.05) is 0 Å². The maximum absolute atomic E-state index is 9.22. The van der Waals surface area contributed by atoms with Crippen molar-refractivity contribution in [2.45, 2.75) is 19.9 Å². The zero-order valence-corrected chi connectivity index (χ0v) is 5.79. The highest BCUT2D eigenvalue weighted by atomic mass is 16.3. The number of aliphatic hydroxyl groups is 1. The van der Waals surface area contributed by atoms with Gasteiger partial charge in [-0.3, -0.25) is 4.79 Å². The van der Waals surface area contributed by atoms with E-state index in [0.717, 1.165) is 0 Å². The summed E-state index contributed by atoms with van der Waals surface area (Å²) in [5.41, 5.74) is 9.51. The van der Waals surface area contributed by atoms with E-state index >= 15 is 0 Å². The number of primary amides is 1. The molecule has 1 amide bonds. The van der Waals surface area contributed by atoms with Gasteiger partial charge in [-0.2, -0.15) is 0 Å². The summed E-state index contributed by atoms with van der Waals surface area (Å²) < 4.78 is 0. The molecule has 0 spiro atoms. The van der Waals surface area contributed by atoms with Crippen LogP contribution in [0.2, 0.25) is 0 Å². The first-order chi connectivity index (χ1) is 4.00. The third kappa shape index (κ3) is 111. The minimum atomic E-state index is -0.333. The van der Waals surface area contributed by atoms with Gasteiger partial charge >= 0.3 is 0 Å². The average molecular weight is 134 g/mol. The molecule has 0 fully saturated rings. The van der Waals surface area contributed by atoms with Gasteiger partial charge < -0.3 is 16.6 Å². The molecule has 4 nitrogen and oxygen atoms in total. The quantitative estimate of drug-likeness (QED) is 0.421. The summed E-state index contributed by atoms with van der Waals surface area (Å²) in [7, 11) is 0. The Hall–Kier alpha value is -0.610. The van der Waals surface area contributed by atoms with Crippen LogP contribution < -0.4 is 11.5 Å². The number of nitrogens with two attached hydrogens (primary N) is 2. The molecule has 0 heterocycles. The molecule has 1 atom stereocenters. The van der Waals surface area contributed by atoms with Crippen molar-refractivity contribution in [1.82, 2.24) is 0 Å². The Balaban J connectivity index is 0. The van der Waals surface area contributed by atoms with Crippen molar-refractivity contribution in [1.29, 1.82) is 0 Å². The second-order valence-corrected chi connectivity index (χ2v) is 1.77. The third-order valence-electron chi connectivity index (χ3n) is 0.288. The van der Waals surface area contributed by atoms with Gasteiger partial charge in [-0.05, 0) is 6.92 Å². The lowest BCUT2D eigenvalue weighted by Gasteiger charge is -1.91. The first kappa shape index (κ1) is 11.2. The number of hydrogen-bond acceptors (Lipinski definition) is 3. The Labute approximate surface area is 54.8 Å². The van der Waals surface area contributed by atoms with Gasteiger partial charge in [-0.25, -0.2) is 0 Å². The lowest BCUT2D eigenvalue weighted by Crippen LogP contribution is -2.18. The number of amides is 1. The predicted molar refractivity (Wildman–Crippen MR) is 35.6 cm³/mol. The van der Waals surface area contributed by atoms with E-state index in [2.05, 4.69) is 5.73 Å². The van der Waals surface area contributed by atoms with Crippen LogP contribution in [-0.2, 0) is 4.79 Å². The van der Waals surface area contributed by atoms with E-state index in [1.54, 1.807) is 6.92 Å². The van der Waals surface area contributed by atoms with Gasteiger partial charge in [0.05, 0.1) is 6.61 Å². The Morgan fingerprint density at radius 1 is 1.78 bits per heavy atom. The molecule has 0 aromatic carbocycles. The number of hydrogen-bond donors (Lipinski definition) is 3. The van der Waals surface area contributed by atoms with Crippen LogP contribution in [-0.4, -0.2) is 23.7 Å². The molecule has 0 aliphatic rings. The molecule has 0 saturated carbocycles. The smallest absolute Gasteiger partial charge is 0.214 e. The fourth-order valence-electron chi connectivity index (χ4n) is 0. The molecule has 0 saturated heterocycles. The molecule has 4 heteroatoms. The molecule has 5 N–H and O–H groups in total. The second-order valence-electron chi connectivity index (χ2n) is 1.77. The van der Waals surface area contributed by atoms with Crippen molar-refractivity contribution in [2.24, 2.45) is 11.5 Å². The summed E-state index contributed by atoms with van der Waals surface area (Å²) in [6.45, 7) is 3.14. The summed E-state index contributed by atoms with van der Waals surface area (Å²) in [4.78, 5) is 9.22. The summed E-state index contributed by atoms with van der Waals surface area (Å²) in [6.07, 6.45) is 0. The van der Waals surface area contributed by atoms with Crippen molar-refractivity contribution in [3.8, 4) is 0 Å². The predicted octanol–water partition coefficient (Wildman–Crippen LogP) is -1.18. The molecule has 0 aromatic rings. The van der Waals surface area contributed by atoms with Crippen molar-refractivity contribution >= 4 is 5.91 Å². The molecule has 56 valence electrons. The van der Waals surface area contributed by atoms with Crippen LogP contribution in [0.1, 0.15) is 13.8 Å². The average Bonchev–Trinajstić information content (AvgIpc) is 1.65. The Bertz CT molecular complexity index is 69.4. The zero-order chi connectivity index (χ0) is 7.86. The van der Waals surface area contributed by atoms with Crippen LogP contribution >= 0.6 is 0 Å². The van der Waals surface area contributed by atoms with Crippen molar-refractivity contribution in [3.05, 3.63) is 0 Å². The largest absolute Gasteiger partial charge is 0.395 e. The highest BCUT2D eigenvalue weighted by molar-refractivity contribution is 5.70. The fourth-order valence-corrected chi connectivity index (χ4v) is 0. The van der Waals surface area contributed by atoms with E-state index in [4.69, 9.17) is 10.8 Å². The number of aliphatic hydroxyl groups excluding tert-OH is 1. The summed E-state index contributed by atoms with van der Waals surface area (Å²) >= 11 is 0. The monoisotopic (exact) mass is 134 g/mol. The Kier molecular flexibility index (Phi) is 9.21. The highest BCUT2D eigenvalue weighted by Crippen LogP contribution is 1.62. The van der Waals surface area contributed by atoms with Crippen molar-refractivity contribution in [2.75, 3.05) is 6.61 Å². The maximum atomic E-state index is 9.22. The Morgan fingerprint density at radius 3 is 1.89 bits per heavy atom. The lowest BCUT2D eigenvalue weighted by atomic mass is 10.4. The number of carbonyl (C=O) groups excluding carboxylic acids is 1. The minimum absolute atomic E-state index is 0.0602. The van der Waals surface area contributed by atoms with Crippen molar-refractivity contribution < 1.29 is 9.90 Å². The van der Waals surface area contributed by atoms with E-state index in [9.17, 15) is 4.79 Å². The molecule has 9 heavy (non-hydrogen) atoms. The molecular formula is C5H14N2O2. The van der Waals surface area contributed by atoms with Gasteiger partial charge in [-0.15, -0.1) is 0 Å². The molecule has 0 aliphatic heterocycles. The Morgan fingerprint density at radius 2 is 1.89 bits per heavy atom. The molecule has 0 aromatic heterocycles. The van der Waals surface area contributed by atoms with Crippen LogP contribution in [0.3, 0.4) is 0 Å². The molecule has 0 radical (unpaired) electrons. The van der Waals surface area contributed by atoms with Crippen LogP contribution in [0, 0.1) is 0 Å². The molecule has 0 bridgehead atoms. The zero-order valence-electron chi connectivity index (χ0n) is 5.79. The number of rotatable bonds is 1. The van der Waals surface area contributed by atoms with Crippen LogP contribution in [0.15, 0.2) is 0 Å². The first-order valence-electron chi connectivity index (χ1n) is 2.63. The minimum Gasteiger partial charge on any atom is -0.395 e. The standard InChI is InChI=1S/C3H9NO.C2H5NO/c1-3(4)2-5;1-2(3)4/h3,5H,2,4H2,1H3;1H3,(H2,3,4). The van der Waals surface area contributed by atoms with E-state index < -0.39 is 0 Å². The van der Waals surface area contributed by atoms with Gasteiger partial charge in [0.1, 0.15) is 0 Å². The molecule has 0 rings (SSSR count). The topological polar surface area (TPSA) is 89.3 Å². The first-order valence-corrected chi connectivity index (χ1v) is 2.63. The molecule has 1 unspecified atom stereocenters. The van der Waals surface area contributed by atoms with Gasteiger partial charge in [0.15, 0.2) is 0 Å². The highest BCUT2D eigenvalue weighted by Gasteiger charge is 1.81. The summed E-state index contributed by atoms with van der Waals surface area (Å²) in [5.74, 6) is -0.333. The third-order valence-corrected chi connectivity index (χ3v) is 0.288. The van der Waals surface area contributed by atoms with Crippen LogP contribution in [0.25, 0.3) is 0 Å². The SMILES string of the molecule is CC(N)=O.CC(N)CO. The van der Waals surface area contributed by atoms with E-state index in [0.29, 0.717) is 0 Å². The normalized spacial score (nSPS) is 11.1. The van der Waals surface area contributed by atoms with Gasteiger partial charge in [0.2, 0.25) is 5.91 Å². The molecule has 0 aliphatic carbocycles. The maximum Gasteiger partial charge on any atom is 0.214 e. The van der Waals surface area contributed by atoms with Crippen molar-refractivity contribution in [3.63, 3.8) is 0 Å². The van der Waals surface area contributed by atoms with Crippen LogP contribution in [0.4, 0.5) is 0 Å². The second kappa shape index (κ2) is 7.39. The number of carbonyl (C=O) groups is 1. The van der Waals surface area contributed by atoms with E-state index in [-0.39, 0.29) is 18.6 Å². The van der Waals surface area contributed by atoms with Gasteiger partial charge in [0.25, 0.3) is 0 Å². The fraction of sp³-hybridized carbons (Fsp3) is 0.800. The lowest BCUT2D eigenvalue weighted by molar-refractivity contribution is -0.115. The summed E-state index contributed by atoms with van der Waals surface area (Å²) in [6, 6.07) is -0.0602. The van der Waals surface area contributed by atoms with Crippen LogP contribution in [0.5, 0.6) is 0 Å². The van der Waals surface area contributed by atoms with E-state index in [1.165, 1.54) is 6.92 Å². The van der Waals surface area contributed by atoms with Gasteiger partial charge in [0, 0.05) is 13.0 Å². The molecular weight excluding hydrogens is 120 g/mol. The van der Waals surface area contributed by atoms with E-state index in [1.807, 2.05) is 0 Å².